The van der Waals surface area contributed by atoms with Crippen LogP contribution in [0.3, 0.4) is 0 Å². The van der Waals surface area contributed by atoms with Crippen LogP contribution in [0.15, 0.2) is 22.7 Å². The number of aliphatic hydroxyl groups is 1. The summed E-state index contributed by atoms with van der Waals surface area (Å²) in [6.45, 7) is 0. The van der Waals surface area contributed by atoms with Crippen LogP contribution in [0, 0.1) is 16.0 Å². The SMILES string of the molecule is N[C@@H](c1ccc(Br)c([N+](=O)[O-])c1)[C@H](O)C1CCCC1. The molecule has 0 aliphatic heterocycles. The maximum Gasteiger partial charge on any atom is 0.283 e. The first kappa shape index (κ1) is 14.4. The van der Waals surface area contributed by atoms with Crippen molar-refractivity contribution in [1.82, 2.24) is 0 Å². The average Bonchev–Trinajstić information content (AvgIpc) is 2.91. The molecule has 19 heavy (non-hydrogen) atoms. The van der Waals surface area contributed by atoms with Gasteiger partial charge < -0.3 is 10.8 Å². The van der Waals surface area contributed by atoms with Crippen molar-refractivity contribution >= 4 is 21.6 Å². The van der Waals surface area contributed by atoms with E-state index in [9.17, 15) is 15.2 Å². The first-order valence-electron chi connectivity index (χ1n) is 6.38. The highest BCUT2D eigenvalue weighted by atomic mass is 79.9. The summed E-state index contributed by atoms with van der Waals surface area (Å²) < 4.78 is 0.420. The second kappa shape index (κ2) is 5.98. The van der Waals surface area contributed by atoms with E-state index in [0.717, 1.165) is 25.7 Å². The molecule has 0 spiro atoms. The summed E-state index contributed by atoms with van der Waals surface area (Å²) >= 11 is 3.14. The Labute approximate surface area is 120 Å². The molecular formula is C13H17BrN2O3. The second-order valence-corrected chi connectivity index (χ2v) is 5.88. The lowest BCUT2D eigenvalue weighted by Crippen LogP contribution is -2.31. The number of halogens is 1. The number of nitro groups is 1. The number of hydrogen-bond donors (Lipinski definition) is 2. The largest absolute Gasteiger partial charge is 0.391 e. The molecule has 0 amide bonds. The fourth-order valence-electron chi connectivity index (χ4n) is 2.67. The Balaban J connectivity index is 2.20. The lowest BCUT2D eigenvalue weighted by molar-refractivity contribution is -0.385. The quantitative estimate of drug-likeness (QED) is 0.656. The molecular weight excluding hydrogens is 312 g/mol. The zero-order valence-electron chi connectivity index (χ0n) is 10.5. The van der Waals surface area contributed by atoms with E-state index in [1.807, 2.05) is 0 Å². The van der Waals surface area contributed by atoms with Gasteiger partial charge in [-0.05, 0) is 46.3 Å². The molecule has 0 unspecified atom stereocenters. The van der Waals surface area contributed by atoms with E-state index >= 15 is 0 Å². The lowest BCUT2D eigenvalue weighted by atomic mass is 9.91. The molecule has 6 heteroatoms. The normalized spacial score (nSPS) is 19.3. The Morgan fingerprint density at radius 2 is 2.05 bits per heavy atom. The van der Waals surface area contributed by atoms with Gasteiger partial charge in [0.1, 0.15) is 0 Å². The third-order valence-corrected chi connectivity index (χ3v) is 4.47. The molecule has 0 aromatic heterocycles. The maximum absolute atomic E-state index is 10.9. The summed E-state index contributed by atoms with van der Waals surface area (Å²) in [6, 6.07) is 4.19. The standard InChI is InChI=1S/C13H17BrN2O3/c14-10-6-5-9(7-11(10)16(18)19)12(15)13(17)8-3-1-2-4-8/h5-8,12-13,17H,1-4,15H2/t12-,13+/m0/s1. The Hall–Kier alpha value is -0.980. The van der Waals surface area contributed by atoms with Crippen molar-refractivity contribution < 1.29 is 10.0 Å². The van der Waals surface area contributed by atoms with Gasteiger partial charge >= 0.3 is 0 Å². The summed E-state index contributed by atoms with van der Waals surface area (Å²) in [7, 11) is 0. The van der Waals surface area contributed by atoms with Gasteiger partial charge in [-0.2, -0.15) is 0 Å². The van der Waals surface area contributed by atoms with Gasteiger partial charge in [0.15, 0.2) is 0 Å². The van der Waals surface area contributed by atoms with E-state index in [1.165, 1.54) is 6.07 Å². The Kier molecular flexibility index (Phi) is 4.54. The van der Waals surface area contributed by atoms with Crippen molar-refractivity contribution in [1.29, 1.82) is 0 Å². The van der Waals surface area contributed by atoms with Crippen LogP contribution in [0.4, 0.5) is 5.69 Å². The molecule has 5 nitrogen and oxygen atoms in total. The molecule has 1 aliphatic rings. The summed E-state index contributed by atoms with van der Waals surface area (Å²) in [5.74, 6) is 0.206. The van der Waals surface area contributed by atoms with Crippen molar-refractivity contribution in [2.75, 3.05) is 0 Å². The molecule has 2 atom stereocenters. The van der Waals surface area contributed by atoms with Crippen LogP contribution in [0.1, 0.15) is 37.3 Å². The van der Waals surface area contributed by atoms with E-state index in [4.69, 9.17) is 5.73 Å². The van der Waals surface area contributed by atoms with Crippen LogP contribution in [0.25, 0.3) is 0 Å². The van der Waals surface area contributed by atoms with E-state index in [0.29, 0.717) is 10.0 Å². The topological polar surface area (TPSA) is 89.4 Å². The van der Waals surface area contributed by atoms with Crippen molar-refractivity contribution in [3.8, 4) is 0 Å². The Morgan fingerprint density at radius 1 is 1.42 bits per heavy atom. The summed E-state index contributed by atoms with van der Waals surface area (Å²) in [5.41, 5.74) is 6.63. The van der Waals surface area contributed by atoms with Crippen LogP contribution in [0.2, 0.25) is 0 Å². The van der Waals surface area contributed by atoms with Crippen LogP contribution < -0.4 is 5.73 Å². The molecule has 1 saturated carbocycles. The number of aliphatic hydroxyl groups excluding tert-OH is 1. The molecule has 1 fully saturated rings. The predicted molar refractivity (Wildman–Crippen MR) is 75.7 cm³/mol. The van der Waals surface area contributed by atoms with Gasteiger partial charge in [0, 0.05) is 6.07 Å². The van der Waals surface area contributed by atoms with Gasteiger partial charge in [0.2, 0.25) is 0 Å². The minimum absolute atomic E-state index is 0.0217. The predicted octanol–water partition coefficient (Wildman–Crippen LogP) is 2.91. The third kappa shape index (κ3) is 3.13. The van der Waals surface area contributed by atoms with Gasteiger partial charge in [-0.15, -0.1) is 0 Å². The lowest BCUT2D eigenvalue weighted by Gasteiger charge is -2.24. The van der Waals surface area contributed by atoms with Crippen LogP contribution in [-0.4, -0.2) is 16.1 Å². The van der Waals surface area contributed by atoms with E-state index in [1.54, 1.807) is 12.1 Å². The fourth-order valence-corrected chi connectivity index (χ4v) is 3.06. The number of nitrogens with two attached hydrogens (primary N) is 1. The number of nitro benzene ring substituents is 1. The van der Waals surface area contributed by atoms with Gasteiger partial charge in [-0.25, -0.2) is 0 Å². The van der Waals surface area contributed by atoms with Gasteiger partial charge in [0.25, 0.3) is 5.69 Å². The number of benzene rings is 1. The third-order valence-electron chi connectivity index (χ3n) is 3.80. The summed E-state index contributed by atoms with van der Waals surface area (Å²) in [5, 5.41) is 21.2. The second-order valence-electron chi connectivity index (χ2n) is 5.03. The zero-order chi connectivity index (χ0) is 14.0. The highest BCUT2D eigenvalue weighted by molar-refractivity contribution is 9.10. The van der Waals surface area contributed by atoms with Crippen molar-refractivity contribution in [3.63, 3.8) is 0 Å². The van der Waals surface area contributed by atoms with Gasteiger partial charge in [-0.3, -0.25) is 10.1 Å². The first-order valence-corrected chi connectivity index (χ1v) is 7.17. The molecule has 0 heterocycles. The smallest absolute Gasteiger partial charge is 0.283 e. The molecule has 2 rings (SSSR count). The zero-order valence-corrected chi connectivity index (χ0v) is 12.0. The minimum atomic E-state index is -0.636. The number of nitrogens with zero attached hydrogens (tertiary/aromatic N) is 1. The highest BCUT2D eigenvalue weighted by Gasteiger charge is 2.29. The highest BCUT2D eigenvalue weighted by Crippen LogP contribution is 2.34. The monoisotopic (exact) mass is 328 g/mol. The molecule has 0 saturated heterocycles. The molecule has 1 aliphatic carbocycles. The van der Waals surface area contributed by atoms with Crippen LogP contribution >= 0.6 is 15.9 Å². The van der Waals surface area contributed by atoms with Crippen molar-refractivity contribution in [3.05, 3.63) is 38.3 Å². The summed E-state index contributed by atoms with van der Waals surface area (Å²) in [6.07, 6.45) is 3.56. The van der Waals surface area contributed by atoms with E-state index < -0.39 is 17.1 Å². The Morgan fingerprint density at radius 3 is 2.63 bits per heavy atom. The van der Waals surface area contributed by atoms with Crippen LogP contribution in [0.5, 0.6) is 0 Å². The number of rotatable bonds is 4. The molecule has 3 N–H and O–H groups in total. The maximum atomic E-state index is 10.9. The van der Waals surface area contributed by atoms with Crippen molar-refractivity contribution in [2.45, 2.75) is 37.8 Å². The first-order chi connectivity index (χ1) is 9.00. The molecule has 104 valence electrons. The van der Waals surface area contributed by atoms with Gasteiger partial charge in [0.05, 0.1) is 21.5 Å². The summed E-state index contributed by atoms with van der Waals surface area (Å²) in [4.78, 5) is 10.4. The average molecular weight is 329 g/mol. The molecule has 1 aromatic rings. The Bertz CT molecular complexity index is 475. The van der Waals surface area contributed by atoms with Gasteiger partial charge in [-0.1, -0.05) is 18.9 Å². The van der Waals surface area contributed by atoms with E-state index in [2.05, 4.69) is 15.9 Å². The minimum Gasteiger partial charge on any atom is -0.391 e. The van der Waals surface area contributed by atoms with E-state index in [-0.39, 0.29) is 11.6 Å². The number of hydrogen-bond acceptors (Lipinski definition) is 4. The molecule has 1 aromatic carbocycles. The van der Waals surface area contributed by atoms with Crippen molar-refractivity contribution in [2.24, 2.45) is 11.7 Å². The molecule has 0 radical (unpaired) electrons. The molecule has 0 bridgehead atoms. The fraction of sp³-hybridized carbons (Fsp3) is 0.538. The van der Waals surface area contributed by atoms with Crippen LogP contribution in [-0.2, 0) is 0 Å².